The summed E-state index contributed by atoms with van der Waals surface area (Å²) < 4.78 is 17.4. The fraction of sp³-hybridized carbons (Fsp3) is 0.478. The Morgan fingerprint density at radius 2 is 1.59 bits per heavy atom. The lowest BCUT2D eigenvalue weighted by Crippen LogP contribution is -2.30. The van der Waals surface area contributed by atoms with Crippen molar-refractivity contribution in [1.29, 1.82) is 0 Å². The number of ketones is 2. The first-order valence-corrected chi connectivity index (χ1v) is 10.5. The third kappa shape index (κ3) is 3.57. The monoisotopic (exact) mass is 416 g/mol. The number of hydrogen-bond donors (Lipinski definition) is 0. The summed E-state index contributed by atoms with van der Waals surface area (Å²) in [4.78, 5) is 25.8. The predicted molar refractivity (Wildman–Crippen MR) is 109 cm³/mol. The third-order valence-electron chi connectivity index (χ3n) is 5.58. The van der Waals surface area contributed by atoms with Gasteiger partial charge >= 0.3 is 0 Å². The van der Waals surface area contributed by atoms with Gasteiger partial charge in [0.25, 0.3) is 0 Å². The molecular weight excluding hydrogens is 392 g/mol. The van der Waals surface area contributed by atoms with Crippen molar-refractivity contribution in [1.82, 2.24) is 0 Å². The molecule has 0 unspecified atom stereocenters. The Balaban J connectivity index is 1.89. The molecule has 1 aliphatic heterocycles. The highest BCUT2D eigenvalue weighted by Gasteiger charge is 2.42. The van der Waals surface area contributed by atoms with Gasteiger partial charge in [-0.15, -0.1) is 0 Å². The standard InChI is InChI=1S/C23H25ClO5/c1-12(2)28-23-14(24)10-13(11-19(23)27-3)20-21-15(25)6-4-8-17(21)29-18-9-5-7-16(26)22(18)20/h10-12,20H,4-9H2,1-3H3. The predicted octanol–water partition coefficient (Wildman–Crippen LogP) is 5.26. The summed E-state index contributed by atoms with van der Waals surface area (Å²) in [5, 5.41) is 0.398. The summed E-state index contributed by atoms with van der Waals surface area (Å²) in [5.74, 6) is 1.98. The minimum Gasteiger partial charge on any atom is -0.493 e. The lowest BCUT2D eigenvalue weighted by Gasteiger charge is -2.36. The van der Waals surface area contributed by atoms with Crippen molar-refractivity contribution in [2.45, 2.75) is 64.4 Å². The van der Waals surface area contributed by atoms with Crippen molar-refractivity contribution in [3.63, 3.8) is 0 Å². The minimum absolute atomic E-state index is 0.0405. The zero-order valence-corrected chi connectivity index (χ0v) is 17.7. The van der Waals surface area contributed by atoms with Gasteiger partial charge in [-0.25, -0.2) is 0 Å². The summed E-state index contributed by atoms with van der Waals surface area (Å²) in [5.41, 5.74) is 1.96. The number of carbonyl (C=O) groups is 2. The average molecular weight is 417 g/mol. The van der Waals surface area contributed by atoms with Crippen molar-refractivity contribution >= 4 is 23.2 Å². The van der Waals surface area contributed by atoms with Crippen molar-refractivity contribution in [3.8, 4) is 11.5 Å². The van der Waals surface area contributed by atoms with Crippen LogP contribution in [0.1, 0.15) is 63.9 Å². The summed E-state index contributed by atoms with van der Waals surface area (Å²) in [6, 6.07) is 3.62. The van der Waals surface area contributed by atoms with Gasteiger partial charge in [0.05, 0.1) is 18.2 Å². The van der Waals surface area contributed by atoms with E-state index in [0.29, 0.717) is 64.9 Å². The molecule has 0 spiro atoms. The van der Waals surface area contributed by atoms with E-state index in [0.717, 1.165) is 18.4 Å². The Labute approximate surface area is 175 Å². The number of methoxy groups -OCH3 is 1. The molecule has 1 aromatic rings. The number of carbonyl (C=O) groups excluding carboxylic acids is 2. The molecule has 0 amide bonds. The molecule has 3 aliphatic rings. The first-order valence-electron chi connectivity index (χ1n) is 10.1. The van der Waals surface area contributed by atoms with Gasteiger partial charge in [0.2, 0.25) is 0 Å². The van der Waals surface area contributed by atoms with Crippen LogP contribution in [0.15, 0.2) is 34.8 Å². The molecule has 6 heteroatoms. The fourth-order valence-electron chi connectivity index (χ4n) is 4.41. The van der Waals surface area contributed by atoms with Gasteiger partial charge in [-0.2, -0.15) is 0 Å². The Bertz CT molecular complexity index is 899. The number of benzene rings is 1. The van der Waals surface area contributed by atoms with Gasteiger partial charge in [0, 0.05) is 42.7 Å². The zero-order chi connectivity index (χ0) is 20.7. The molecule has 0 radical (unpaired) electrons. The molecule has 0 atom stereocenters. The quantitative estimate of drug-likeness (QED) is 0.669. The maximum atomic E-state index is 12.9. The van der Waals surface area contributed by atoms with Gasteiger partial charge in [0.1, 0.15) is 11.5 Å². The van der Waals surface area contributed by atoms with E-state index in [4.69, 9.17) is 25.8 Å². The van der Waals surface area contributed by atoms with Gasteiger partial charge in [-0.05, 0) is 44.4 Å². The number of rotatable bonds is 4. The van der Waals surface area contributed by atoms with Crippen LogP contribution in [0.25, 0.3) is 0 Å². The van der Waals surface area contributed by atoms with E-state index in [-0.39, 0.29) is 17.7 Å². The van der Waals surface area contributed by atoms with E-state index in [1.807, 2.05) is 19.9 Å². The van der Waals surface area contributed by atoms with Crippen molar-refractivity contribution < 1.29 is 23.8 Å². The summed E-state index contributed by atoms with van der Waals surface area (Å²) >= 11 is 6.56. The second-order valence-electron chi connectivity index (χ2n) is 7.96. The maximum absolute atomic E-state index is 12.9. The number of halogens is 1. The molecule has 0 bridgehead atoms. The van der Waals surface area contributed by atoms with Crippen LogP contribution >= 0.6 is 11.6 Å². The summed E-state index contributed by atoms with van der Waals surface area (Å²) in [6.07, 6.45) is 3.82. The zero-order valence-electron chi connectivity index (χ0n) is 17.0. The first-order chi connectivity index (χ1) is 13.9. The molecule has 0 saturated carbocycles. The van der Waals surface area contributed by atoms with E-state index < -0.39 is 5.92 Å². The average Bonchev–Trinajstić information content (AvgIpc) is 2.68. The second-order valence-corrected chi connectivity index (χ2v) is 8.37. The van der Waals surface area contributed by atoms with Crippen LogP contribution in [0.2, 0.25) is 5.02 Å². The Hall–Kier alpha value is -2.27. The van der Waals surface area contributed by atoms with Crippen LogP contribution < -0.4 is 9.47 Å². The molecule has 0 N–H and O–H groups in total. The van der Waals surface area contributed by atoms with Crippen LogP contribution in [0, 0.1) is 0 Å². The van der Waals surface area contributed by atoms with E-state index in [1.54, 1.807) is 13.2 Å². The van der Waals surface area contributed by atoms with Gasteiger partial charge in [-0.1, -0.05) is 11.6 Å². The van der Waals surface area contributed by atoms with Gasteiger partial charge in [-0.3, -0.25) is 9.59 Å². The number of Topliss-reactive ketones (excluding diaryl/α,β-unsaturated/α-hetero) is 2. The van der Waals surface area contributed by atoms with Crippen LogP contribution in [-0.4, -0.2) is 24.8 Å². The highest BCUT2D eigenvalue weighted by molar-refractivity contribution is 6.32. The lowest BCUT2D eigenvalue weighted by molar-refractivity contribution is -0.117. The Kier molecular flexibility index (Phi) is 5.43. The first kappa shape index (κ1) is 20.0. The van der Waals surface area contributed by atoms with Crippen LogP contribution in [0.4, 0.5) is 0 Å². The summed E-state index contributed by atoms with van der Waals surface area (Å²) in [7, 11) is 1.56. The number of hydrogen-bond acceptors (Lipinski definition) is 5. The largest absolute Gasteiger partial charge is 0.493 e. The van der Waals surface area contributed by atoms with Gasteiger partial charge < -0.3 is 14.2 Å². The molecule has 4 rings (SSSR count). The normalized spacial score (nSPS) is 19.9. The lowest BCUT2D eigenvalue weighted by atomic mass is 9.73. The van der Waals surface area contributed by atoms with Crippen molar-refractivity contribution in [2.75, 3.05) is 7.11 Å². The molecule has 1 heterocycles. The van der Waals surface area contributed by atoms with E-state index in [2.05, 4.69) is 0 Å². The second kappa shape index (κ2) is 7.86. The molecule has 0 fully saturated rings. The fourth-order valence-corrected chi connectivity index (χ4v) is 4.67. The highest BCUT2D eigenvalue weighted by Crippen LogP contribution is 2.50. The molecule has 2 aliphatic carbocycles. The van der Waals surface area contributed by atoms with Crippen LogP contribution in [0.5, 0.6) is 11.5 Å². The molecule has 0 saturated heterocycles. The topological polar surface area (TPSA) is 61.8 Å². The smallest absolute Gasteiger partial charge is 0.180 e. The number of allylic oxidation sites excluding steroid dienone is 4. The van der Waals surface area contributed by atoms with Crippen LogP contribution in [-0.2, 0) is 14.3 Å². The SMILES string of the molecule is COc1cc(C2C3=C(CCCC3=O)OC3=C2C(=O)CCC3)cc(Cl)c1OC(C)C. The van der Waals surface area contributed by atoms with E-state index in [9.17, 15) is 9.59 Å². The maximum Gasteiger partial charge on any atom is 0.180 e. The molecule has 154 valence electrons. The van der Waals surface area contributed by atoms with Crippen LogP contribution in [0.3, 0.4) is 0 Å². The number of ether oxygens (including phenoxy) is 3. The molecule has 29 heavy (non-hydrogen) atoms. The van der Waals surface area contributed by atoms with E-state index >= 15 is 0 Å². The van der Waals surface area contributed by atoms with Crippen molar-refractivity contribution in [3.05, 3.63) is 45.4 Å². The Morgan fingerprint density at radius 1 is 1.00 bits per heavy atom. The molecule has 1 aromatic carbocycles. The molecular formula is C23H25ClO5. The Morgan fingerprint density at radius 3 is 2.10 bits per heavy atom. The van der Waals surface area contributed by atoms with Gasteiger partial charge in [0.15, 0.2) is 23.1 Å². The molecule has 5 nitrogen and oxygen atoms in total. The molecule has 0 aromatic heterocycles. The van der Waals surface area contributed by atoms with E-state index in [1.165, 1.54) is 0 Å². The van der Waals surface area contributed by atoms with Crippen molar-refractivity contribution in [2.24, 2.45) is 0 Å². The summed E-state index contributed by atoms with van der Waals surface area (Å²) in [6.45, 7) is 3.83. The minimum atomic E-state index is -0.464. The highest BCUT2D eigenvalue weighted by atomic mass is 35.5. The third-order valence-corrected chi connectivity index (χ3v) is 5.86.